The maximum atomic E-state index is 13.9. The number of aryl methyl sites for hydroxylation is 1. The van der Waals surface area contributed by atoms with E-state index in [4.69, 9.17) is 20.8 Å². The zero-order valence-corrected chi connectivity index (χ0v) is 16.6. The summed E-state index contributed by atoms with van der Waals surface area (Å²) in [5, 5.41) is 4.08. The van der Waals surface area contributed by atoms with Gasteiger partial charge in [-0.1, -0.05) is 17.7 Å². The van der Waals surface area contributed by atoms with Crippen LogP contribution in [-0.4, -0.2) is 25.2 Å². The third kappa shape index (κ3) is 4.49. The summed E-state index contributed by atoms with van der Waals surface area (Å²) in [6.45, 7) is 2.79. The molecule has 1 fully saturated rings. The molecule has 5 nitrogen and oxygen atoms in total. The summed E-state index contributed by atoms with van der Waals surface area (Å²) >= 11 is 6.08. The van der Waals surface area contributed by atoms with Gasteiger partial charge in [-0.05, 0) is 61.7 Å². The van der Waals surface area contributed by atoms with Crippen LogP contribution in [0.1, 0.15) is 28.8 Å². The quantitative estimate of drug-likeness (QED) is 0.674. The van der Waals surface area contributed by atoms with Gasteiger partial charge in [-0.25, -0.2) is 9.38 Å². The van der Waals surface area contributed by atoms with Gasteiger partial charge in [-0.15, -0.1) is 0 Å². The molecule has 1 amide bonds. The van der Waals surface area contributed by atoms with Crippen molar-refractivity contribution >= 4 is 34.2 Å². The third-order valence-electron chi connectivity index (χ3n) is 4.85. The summed E-state index contributed by atoms with van der Waals surface area (Å²) < 4.78 is 25.4. The summed E-state index contributed by atoms with van der Waals surface area (Å²) in [7, 11) is 0. The van der Waals surface area contributed by atoms with E-state index in [9.17, 15) is 9.18 Å². The average Bonchev–Trinajstić information content (AvgIpc) is 3.22. The van der Waals surface area contributed by atoms with Crippen molar-refractivity contribution in [3.8, 4) is 0 Å². The van der Waals surface area contributed by atoms with Crippen LogP contribution in [0.5, 0.6) is 0 Å². The molecule has 4 rings (SSSR count). The Bertz CT molecular complexity index is 1140. The Labute approximate surface area is 172 Å². The molecule has 2 aromatic carbocycles. The monoisotopic (exact) mass is 414 g/mol. The lowest BCUT2D eigenvalue weighted by Gasteiger charge is -2.11. The van der Waals surface area contributed by atoms with E-state index in [1.807, 2.05) is 0 Å². The van der Waals surface area contributed by atoms with Crippen molar-refractivity contribution in [2.24, 2.45) is 4.99 Å². The normalized spacial score (nSPS) is 17.1. The van der Waals surface area contributed by atoms with Gasteiger partial charge in [-0.2, -0.15) is 0 Å². The van der Waals surface area contributed by atoms with E-state index in [2.05, 4.69) is 10.3 Å². The number of rotatable bonds is 4. The zero-order valence-electron chi connectivity index (χ0n) is 15.9. The molecule has 1 N–H and O–H groups in total. The zero-order chi connectivity index (χ0) is 20.4. The van der Waals surface area contributed by atoms with Crippen LogP contribution in [0.4, 0.5) is 10.1 Å². The first-order valence-electron chi connectivity index (χ1n) is 9.44. The molecule has 29 heavy (non-hydrogen) atoms. The van der Waals surface area contributed by atoms with Crippen molar-refractivity contribution in [1.82, 2.24) is 5.32 Å². The lowest BCUT2D eigenvalue weighted by molar-refractivity contribution is 0.0854. The highest BCUT2D eigenvalue weighted by molar-refractivity contribution is 6.31. The predicted octanol–water partition coefficient (Wildman–Crippen LogP) is 4.67. The molecule has 1 atom stereocenters. The standard InChI is InChI=1S/C22H20ClFN2O3/c1-13-4-6-16(11-19(13)24)26-22-18(21(27)25-12-17-3-2-8-28-17)10-14-9-15(23)5-7-20(14)29-22/h4-7,9-11,17H,2-3,8,12H2,1H3,(H,25,27). The van der Waals surface area contributed by atoms with Crippen LogP contribution in [0.15, 0.2) is 51.9 Å². The number of hydrogen-bond acceptors (Lipinski definition) is 4. The van der Waals surface area contributed by atoms with Crippen LogP contribution in [-0.2, 0) is 4.74 Å². The van der Waals surface area contributed by atoms with Gasteiger partial charge in [0.1, 0.15) is 17.0 Å². The minimum Gasteiger partial charge on any atom is -0.438 e. The van der Waals surface area contributed by atoms with Crippen molar-refractivity contribution in [3.05, 3.63) is 70.0 Å². The molecule has 0 bridgehead atoms. The fourth-order valence-corrected chi connectivity index (χ4v) is 3.40. The number of carbonyl (C=O) groups is 1. The first-order valence-corrected chi connectivity index (χ1v) is 9.81. The maximum Gasteiger partial charge on any atom is 0.256 e. The predicted molar refractivity (Wildman–Crippen MR) is 109 cm³/mol. The Morgan fingerprint density at radius 1 is 1.28 bits per heavy atom. The lowest BCUT2D eigenvalue weighted by atomic mass is 10.1. The number of hydrogen-bond donors (Lipinski definition) is 1. The van der Waals surface area contributed by atoms with Crippen LogP contribution in [0.2, 0.25) is 5.02 Å². The molecular weight excluding hydrogens is 395 g/mol. The van der Waals surface area contributed by atoms with Gasteiger partial charge in [0.2, 0.25) is 5.55 Å². The number of amides is 1. The Kier molecular flexibility index (Phi) is 5.65. The molecule has 1 aliphatic rings. The van der Waals surface area contributed by atoms with Crippen molar-refractivity contribution in [1.29, 1.82) is 0 Å². The lowest BCUT2D eigenvalue weighted by Crippen LogP contribution is -2.34. The molecule has 0 radical (unpaired) electrons. The number of halogens is 2. The number of ether oxygens (including phenoxy) is 1. The highest BCUT2D eigenvalue weighted by Crippen LogP contribution is 2.21. The van der Waals surface area contributed by atoms with Gasteiger partial charge in [0.25, 0.3) is 5.91 Å². The molecule has 1 aromatic heterocycles. The van der Waals surface area contributed by atoms with Crippen molar-refractivity contribution in [2.75, 3.05) is 13.2 Å². The maximum absolute atomic E-state index is 13.9. The van der Waals surface area contributed by atoms with Crippen LogP contribution in [0, 0.1) is 12.7 Å². The van der Waals surface area contributed by atoms with Crippen LogP contribution in [0.3, 0.4) is 0 Å². The topological polar surface area (TPSA) is 63.8 Å². The highest BCUT2D eigenvalue weighted by atomic mass is 35.5. The second-order valence-corrected chi connectivity index (χ2v) is 7.47. The van der Waals surface area contributed by atoms with Crippen LogP contribution < -0.4 is 10.9 Å². The number of nitrogens with zero attached hydrogens (tertiary/aromatic N) is 1. The van der Waals surface area contributed by atoms with Gasteiger partial charge >= 0.3 is 0 Å². The molecule has 150 valence electrons. The van der Waals surface area contributed by atoms with Crippen LogP contribution >= 0.6 is 11.6 Å². The molecule has 7 heteroatoms. The molecule has 1 unspecified atom stereocenters. The van der Waals surface area contributed by atoms with Gasteiger partial charge < -0.3 is 14.5 Å². The smallest absolute Gasteiger partial charge is 0.256 e. The van der Waals surface area contributed by atoms with Gasteiger partial charge in [0.05, 0.1) is 11.8 Å². The van der Waals surface area contributed by atoms with E-state index in [1.165, 1.54) is 6.07 Å². The SMILES string of the molecule is Cc1ccc(N=c2oc3ccc(Cl)cc3cc2C(=O)NCC2CCCO2)cc1F. The Morgan fingerprint density at radius 3 is 2.90 bits per heavy atom. The molecule has 3 aromatic rings. The van der Waals surface area contributed by atoms with Gasteiger partial charge in [0.15, 0.2) is 0 Å². The second kappa shape index (κ2) is 8.35. The van der Waals surface area contributed by atoms with Crippen molar-refractivity contribution in [3.63, 3.8) is 0 Å². The van der Waals surface area contributed by atoms with E-state index in [1.54, 1.807) is 43.3 Å². The number of nitrogens with one attached hydrogen (secondary N) is 1. The van der Waals surface area contributed by atoms with E-state index in [0.29, 0.717) is 40.4 Å². The second-order valence-electron chi connectivity index (χ2n) is 7.04. The summed E-state index contributed by atoms with van der Waals surface area (Å²) in [4.78, 5) is 17.3. The fraction of sp³-hybridized carbons (Fsp3) is 0.273. The Balaban J connectivity index is 1.76. The summed E-state index contributed by atoms with van der Waals surface area (Å²) in [5.74, 6) is -0.708. The number of benzene rings is 2. The summed E-state index contributed by atoms with van der Waals surface area (Å²) in [6.07, 6.45) is 1.92. The van der Waals surface area contributed by atoms with Crippen LogP contribution in [0.25, 0.3) is 11.0 Å². The number of fused-ring (bicyclic) bond motifs is 1. The Hall–Kier alpha value is -2.70. The third-order valence-corrected chi connectivity index (χ3v) is 5.09. The average molecular weight is 415 g/mol. The summed E-state index contributed by atoms with van der Waals surface area (Å²) in [6, 6.07) is 11.4. The minimum absolute atomic E-state index is 0.0115. The first-order chi connectivity index (χ1) is 14.0. The largest absolute Gasteiger partial charge is 0.438 e. The molecule has 0 spiro atoms. The molecule has 1 saturated heterocycles. The minimum atomic E-state index is -0.372. The Morgan fingerprint density at radius 2 is 2.14 bits per heavy atom. The molecule has 0 saturated carbocycles. The first kappa shape index (κ1) is 19.6. The molecule has 2 heterocycles. The molecular formula is C22H20ClFN2O3. The van der Waals surface area contributed by atoms with Crippen molar-refractivity contribution < 1.29 is 18.3 Å². The van der Waals surface area contributed by atoms with Gasteiger partial charge in [-0.3, -0.25) is 4.79 Å². The van der Waals surface area contributed by atoms with E-state index < -0.39 is 0 Å². The van der Waals surface area contributed by atoms with Gasteiger partial charge in [0, 0.05) is 23.6 Å². The summed E-state index contributed by atoms with van der Waals surface area (Å²) in [5.41, 5.74) is 1.75. The molecule has 1 aliphatic heterocycles. The van der Waals surface area contributed by atoms with Crippen molar-refractivity contribution in [2.45, 2.75) is 25.9 Å². The fourth-order valence-electron chi connectivity index (χ4n) is 3.22. The molecule has 0 aliphatic carbocycles. The highest BCUT2D eigenvalue weighted by Gasteiger charge is 2.18. The number of carbonyl (C=O) groups excluding carboxylic acids is 1. The van der Waals surface area contributed by atoms with E-state index in [-0.39, 0.29) is 28.9 Å². The van der Waals surface area contributed by atoms with E-state index in [0.717, 1.165) is 12.8 Å². The van der Waals surface area contributed by atoms with E-state index >= 15 is 0 Å².